The number of ketones is 1. The van der Waals surface area contributed by atoms with Crippen LogP contribution in [0.1, 0.15) is 40.0 Å². The summed E-state index contributed by atoms with van der Waals surface area (Å²) in [5.74, 6) is 0.226. The van der Waals surface area contributed by atoms with Crippen molar-refractivity contribution in [1.29, 1.82) is 0 Å². The van der Waals surface area contributed by atoms with Gasteiger partial charge in [-0.1, -0.05) is 32.9 Å². The van der Waals surface area contributed by atoms with Gasteiger partial charge in [0.15, 0.2) is 5.78 Å². The molecule has 1 N–H and O–H groups in total. The second-order valence-corrected chi connectivity index (χ2v) is 7.09. The first-order valence-electron chi connectivity index (χ1n) is 6.36. The second-order valence-electron chi connectivity index (χ2n) is 7.09. The molecule has 0 unspecified atom stereocenters. The van der Waals surface area contributed by atoms with E-state index in [4.69, 9.17) is 0 Å². The molecule has 0 aliphatic heterocycles. The molecule has 0 amide bonds. The van der Waals surface area contributed by atoms with Crippen molar-refractivity contribution in [1.82, 2.24) is 0 Å². The van der Waals surface area contributed by atoms with Crippen molar-refractivity contribution in [2.24, 2.45) is 16.7 Å². The molecule has 2 heteroatoms. The number of carbonyl (C=O) groups excluding carboxylic acids is 1. The molecule has 17 heavy (non-hydrogen) atoms. The Balaban J connectivity index is 2.11. The van der Waals surface area contributed by atoms with Crippen LogP contribution in [0.25, 0.3) is 0 Å². The second kappa shape index (κ2) is 2.74. The third-order valence-corrected chi connectivity index (χ3v) is 5.28. The maximum atomic E-state index is 11.8. The van der Waals surface area contributed by atoms with E-state index in [1.807, 2.05) is 0 Å². The molecule has 0 heterocycles. The quantitative estimate of drug-likeness (QED) is 0.652. The summed E-state index contributed by atoms with van der Waals surface area (Å²) >= 11 is 0. The van der Waals surface area contributed by atoms with Crippen LogP contribution in [0.2, 0.25) is 0 Å². The van der Waals surface area contributed by atoms with Crippen LogP contribution in [0.3, 0.4) is 0 Å². The highest BCUT2D eigenvalue weighted by Gasteiger charge is 2.65. The van der Waals surface area contributed by atoms with Crippen LogP contribution in [0, 0.1) is 16.7 Å². The van der Waals surface area contributed by atoms with Gasteiger partial charge in [-0.15, -0.1) is 0 Å². The average molecular weight is 232 g/mol. The lowest BCUT2D eigenvalue weighted by Gasteiger charge is -2.33. The van der Waals surface area contributed by atoms with E-state index in [-0.39, 0.29) is 22.5 Å². The van der Waals surface area contributed by atoms with E-state index in [0.29, 0.717) is 12.0 Å². The number of hydrogen-bond donors (Lipinski definition) is 1. The minimum atomic E-state index is -0.617. The van der Waals surface area contributed by atoms with Gasteiger partial charge in [-0.05, 0) is 30.8 Å². The van der Waals surface area contributed by atoms with E-state index < -0.39 is 5.60 Å². The lowest BCUT2D eigenvalue weighted by Crippen LogP contribution is -2.35. The van der Waals surface area contributed by atoms with E-state index in [1.54, 1.807) is 6.08 Å². The van der Waals surface area contributed by atoms with Crippen LogP contribution in [0.4, 0.5) is 0 Å². The Morgan fingerprint density at radius 1 is 1.41 bits per heavy atom. The Morgan fingerprint density at radius 3 is 2.71 bits per heavy atom. The molecule has 0 aromatic rings. The fourth-order valence-electron chi connectivity index (χ4n) is 4.54. The van der Waals surface area contributed by atoms with Crippen LogP contribution in [-0.4, -0.2) is 16.5 Å². The lowest BCUT2D eigenvalue weighted by molar-refractivity contribution is -0.111. The van der Waals surface area contributed by atoms with E-state index in [0.717, 1.165) is 18.4 Å². The zero-order valence-electron chi connectivity index (χ0n) is 10.8. The van der Waals surface area contributed by atoms with E-state index in [2.05, 4.69) is 27.4 Å². The standard InChI is InChI=1S/C15H20O2/c1-9-11(16)5-10-6-15(17)8-13(2,3)7-12(15)14(9,10)4/h5,12,17H,1,6-8H2,2-4H3/t12-,14+,15+/m0/s1. The monoisotopic (exact) mass is 232 g/mol. The Hall–Kier alpha value is -0.890. The molecule has 0 saturated heterocycles. The smallest absolute Gasteiger partial charge is 0.182 e. The Morgan fingerprint density at radius 2 is 2.06 bits per heavy atom. The van der Waals surface area contributed by atoms with Crippen molar-refractivity contribution >= 4 is 5.78 Å². The third-order valence-electron chi connectivity index (χ3n) is 5.28. The van der Waals surface area contributed by atoms with Gasteiger partial charge in [0.1, 0.15) is 0 Å². The van der Waals surface area contributed by atoms with E-state index >= 15 is 0 Å². The molecule has 0 bridgehead atoms. The summed E-state index contributed by atoms with van der Waals surface area (Å²) in [5, 5.41) is 10.8. The van der Waals surface area contributed by atoms with Crippen molar-refractivity contribution < 1.29 is 9.90 Å². The molecule has 3 rings (SSSR count). The van der Waals surface area contributed by atoms with E-state index in [9.17, 15) is 9.90 Å². The van der Waals surface area contributed by atoms with Gasteiger partial charge in [0.2, 0.25) is 0 Å². The average Bonchev–Trinajstić information content (AvgIpc) is 2.61. The van der Waals surface area contributed by atoms with Crippen LogP contribution in [0.5, 0.6) is 0 Å². The summed E-state index contributed by atoms with van der Waals surface area (Å²) in [7, 11) is 0. The first kappa shape index (κ1) is 11.2. The molecular formula is C15H20O2. The van der Waals surface area contributed by atoms with Crippen LogP contribution in [-0.2, 0) is 4.79 Å². The number of aliphatic hydroxyl groups is 1. The minimum absolute atomic E-state index is 0.0641. The number of allylic oxidation sites excluding steroid dienone is 2. The van der Waals surface area contributed by atoms with Crippen molar-refractivity contribution in [2.75, 3.05) is 0 Å². The summed E-state index contributed by atoms with van der Waals surface area (Å²) in [6.45, 7) is 10.5. The third kappa shape index (κ3) is 1.17. The van der Waals surface area contributed by atoms with Gasteiger partial charge >= 0.3 is 0 Å². The Labute approximate surface area is 102 Å². The van der Waals surface area contributed by atoms with Crippen LogP contribution < -0.4 is 0 Å². The molecule has 2 fully saturated rings. The predicted octanol–water partition coefficient (Wildman–Crippen LogP) is 2.63. The highest BCUT2D eigenvalue weighted by Crippen LogP contribution is 2.67. The summed E-state index contributed by atoms with van der Waals surface area (Å²) in [6, 6.07) is 0. The van der Waals surface area contributed by atoms with Gasteiger partial charge < -0.3 is 5.11 Å². The summed E-state index contributed by atoms with van der Waals surface area (Å²) in [4.78, 5) is 11.8. The van der Waals surface area contributed by atoms with Crippen molar-refractivity contribution in [3.05, 3.63) is 23.8 Å². The minimum Gasteiger partial charge on any atom is -0.389 e. The summed E-state index contributed by atoms with van der Waals surface area (Å²) < 4.78 is 0. The number of fused-ring (bicyclic) bond motifs is 3. The molecule has 2 saturated carbocycles. The molecular weight excluding hydrogens is 212 g/mol. The Kier molecular flexibility index (Phi) is 1.81. The molecule has 0 spiro atoms. The van der Waals surface area contributed by atoms with Gasteiger partial charge in [0.05, 0.1) is 5.60 Å². The first-order valence-corrected chi connectivity index (χ1v) is 6.36. The molecule has 3 aliphatic carbocycles. The zero-order valence-corrected chi connectivity index (χ0v) is 10.8. The molecule has 0 aromatic heterocycles. The van der Waals surface area contributed by atoms with Crippen molar-refractivity contribution in [3.63, 3.8) is 0 Å². The van der Waals surface area contributed by atoms with Crippen LogP contribution >= 0.6 is 0 Å². The summed E-state index contributed by atoms with van der Waals surface area (Å²) in [5.41, 5.74) is 1.06. The first-order chi connectivity index (χ1) is 7.69. The van der Waals surface area contributed by atoms with Gasteiger partial charge in [-0.3, -0.25) is 4.79 Å². The maximum absolute atomic E-state index is 11.8. The number of rotatable bonds is 0. The molecule has 0 aromatic carbocycles. The van der Waals surface area contributed by atoms with Crippen LogP contribution in [0.15, 0.2) is 23.8 Å². The summed E-state index contributed by atoms with van der Waals surface area (Å²) in [6.07, 6.45) is 4.18. The van der Waals surface area contributed by atoms with E-state index in [1.165, 1.54) is 0 Å². The highest BCUT2D eigenvalue weighted by molar-refractivity contribution is 6.09. The number of hydrogen-bond acceptors (Lipinski definition) is 2. The maximum Gasteiger partial charge on any atom is 0.182 e. The van der Waals surface area contributed by atoms with Crippen molar-refractivity contribution in [2.45, 2.75) is 45.6 Å². The van der Waals surface area contributed by atoms with Gasteiger partial charge in [-0.2, -0.15) is 0 Å². The predicted molar refractivity (Wildman–Crippen MR) is 66.4 cm³/mol. The van der Waals surface area contributed by atoms with Gasteiger partial charge in [-0.25, -0.2) is 0 Å². The fourth-order valence-corrected chi connectivity index (χ4v) is 4.54. The van der Waals surface area contributed by atoms with Gasteiger partial charge in [0, 0.05) is 16.9 Å². The molecule has 92 valence electrons. The topological polar surface area (TPSA) is 37.3 Å². The normalized spacial score (nSPS) is 47.1. The Bertz CT molecular complexity index is 471. The highest BCUT2D eigenvalue weighted by atomic mass is 16.3. The molecule has 3 atom stereocenters. The van der Waals surface area contributed by atoms with Crippen molar-refractivity contribution in [3.8, 4) is 0 Å². The van der Waals surface area contributed by atoms with Gasteiger partial charge in [0.25, 0.3) is 0 Å². The molecule has 2 nitrogen and oxygen atoms in total. The SMILES string of the molecule is C=C1C(=O)C=C2C[C@@]3(O)CC(C)(C)C[C@H]3[C@]12C. The number of carbonyl (C=O) groups is 1. The largest absolute Gasteiger partial charge is 0.389 e. The lowest BCUT2D eigenvalue weighted by atomic mass is 9.71. The fraction of sp³-hybridized carbons (Fsp3) is 0.667. The molecule has 0 radical (unpaired) electrons. The zero-order chi connectivity index (χ0) is 12.6. The molecule has 3 aliphatic rings.